The van der Waals surface area contributed by atoms with Gasteiger partial charge in [0.2, 0.25) is 0 Å². The van der Waals surface area contributed by atoms with Gasteiger partial charge in [-0.05, 0) is 31.2 Å². The quantitative estimate of drug-likeness (QED) is 0.372. The number of rotatable bonds is 8. The number of nitrogens with one attached hydrogen (secondary N) is 2. The van der Waals surface area contributed by atoms with Crippen LogP contribution >= 0.6 is 0 Å². The second-order valence-corrected chi connectivity index (χ2v) is 5.80. The number of hydrogen-bond acceptors (Lipinski definition) is 3. The number of guanidine groups is 1. The molecule has 1 aromatic carbocycles. The van der Waals surface area contributed by atoms with Crippen molar-refractivity contribution in [1.29, 1.82) is 0 Å². The minimum absolute atomic E-state index is 0.584. The monoisotopic (exact) mass is 351 g/mol. The van der Waals surface area contributed by atoms with Crippen LogP contribution in [0.25, 0.3) is 5.65 Å². The topological polar surface area (TPSA) is 63.0 Å². The van der Waals surface area contributed by atoms with Crippen LogP contribution in [0.2, 0.25) is 0 Å². The van der Waals surface area contributed by atoms with Gasteiger partial charge in [-0.1, -0.05) is 24.3 Å². The fraction of sp³-hybridized carbons (Fsp3) is 0.300. The second kappa shape index (κ2) is 9.46. The summed E-state index contributed by atoms with van der Waals surface area (Å²) in [7, 11) is 0. The highest BCUT2D eigenvalue weighted by Crippen LogP contribution is 2.07. The van der Waals surface area contributed by atoms with Crippen molar-refractivity contribution in [3.63, 3.8) is 0 Å². The van der Waals surface area contributed by atoms with E-state index in [1.54, 1.807) is 0 Å². The van der Waals surface area contributed by atoms with Gasteiger partial charge < -0.3 is 19.8 Å². The van der Waals surface area contributed by atoms with Crippen molar-refractivity contribution in [2.24, 2.45) is 4.99 Å². The lowest BCUT2D eigenvalue weighted by Gasteiger charge is -2.12. The van der Waals surface area contributed by atoms with Crippen LogP contribution in [-0.4, -0.2) is 41.6 Å². The zero-order chi connectivity index (χ0) is 18.0. The molecule has 0 aliphatic heterocycles. The summed E-state index contributed by atoms with van der Waals surface area (Å²) in [6.45, 7) is 4.83. The molecule has 0 saturated carbocycles. The van der Waals surface area contributed by atoms with E-state index in [0.717, 1.165) is 36.0 Å². The first-order valence-corrected chi connectivity index (χ1v) is 8.98. The molecule has 0 amide bonds. The first-order chi connectivity index (χ1) is 12.8. The molecule has 2 heterocycles. The minimum Gasteiger partial charge on any atom is -0.492 e. The van der Waals surface area contributed by atoms with E-state index in [2.05, 4.69) is 33.7 Å². The predicted molar refractivity (Wildman–Crippen MR) is 105 cm³/mol. The zero-order valence-corrected chi connectivity index (χ0v) is 15.1. The second-order valence-electron chi connectivity index (χ2n) is 5.80. The molecular formula is C20H25N5O. The number of nitrogens with zero attached hydrogens (tertiary/aromatic N) is 3. The van der Waals surface area contributed by atoms with Crippen LogP contribution < -0.4 is 15.4 Å². The maximum absolute atomic E-state index is 5.68. The van der Waals surface area contributed by atoms with Gasteiger partial charge >= 0.3 is 0 Å². The number of aromatic nitrogens is 2. The van der Waals surface area contributed by atoms with E-state index in [9.17, 15) is 0 Å². The third-order valence-electron chi connectivity index (χ3n) is 3.80. The number of para-hydroxylation sites is 1. The molecule has 0 unspecified atom stereocenters. The van der Waals surface area contributed by atoms with Crippen molar-refractivity contribution in [2.45, 2.75) is 13.3 Å². The fourth-order valence-corrected chi connectivity index (χ4v) is 2.59. The highest BCUT2D eigenvalue weighted by atomic mass is 16.5. The number of benzene rings is 1. The van der Waals surface area contributed by atoms with Crippen molar-refractivity contribution in [2.75, 3.05) is 26.2 Å². The van der Waals surface area contributed by atoms with E-state index >= 15 is 0 Å². The van der Waals surface area contributed by atoms with Crippen LogP contribution in [0.5, 0.6) is 5.75 Å². The smallest absolute Gasteiger partial charge is 0.191 e. The SMILES string of the molecule is CCNC(=NCCc1cn2ccccc2n1)NCCOc1ccccc1. The highest BCUT2D eigenvalue weighted by molar-refractivity contribution is 5.79. The van der Waals surface area contributed by atoms with Gasteiger partial charge in [0.05, 0.1) is 12.2 Å². The van der Waals surface area contributed by atoms with Gasteiger partial charge in [0.25, 0.3) is 0 Å². The summed E-state index contributed by atoms with van der Waals surface area (Å²) in [5.41, 5.74) is 2.01. The van der Waals surface area contributed by atoms with Gasteiger partial charge in [-0.15, -0.1) is 0 Å². The lowest BCUT2D eigenvalue weighted by Crippen LogP contribution is -2.39. The molecule has 0 bridgehead atoms. The number of imidazole rings is 1. The lowest BCUT2D eigenvalue weighted by atomic mass is 10.3. The molecule has 3 aromatic rings. The van der Waals surface area contributed by atoms with Gasteiger partial charge in [-0.3, -0.25) is 4.99 Å². The predicted octanol–water partition coefficient (Wildman–Crippen LogP) is 2.51. The van der Waals surface area contributed by atoms with E-state index in [1.807, 2.05) is 59.1 Å². The molecule has 26 heavy (non-hydrogen) atoms. The van der Waals surface area contributed by atoms with Gasteiger partial charge in [0, 0.05) is 31.9 Å². The van der Waals surface area contributed by atoms with Crippen molar-refractivity contribution in [3.8, 4) is 5.75 Å². The number of aliphatic imine (C=N–C) groups is 1. The van der Waals surface area contributed by atoms with Crippen molar-refractivity contribution in [1.82, 2.24) is 20.0 Å². The Labute approximate surface area is 153 Å². The average Bonchev–Trinajstić information content (AvgIpc) is 3.09. The molecule has 0 atom stereocenters. The minimum atomic E-state index is 0.584. The normalized spacial score (nSPS) is 11.5. The van der Waals surface area contributed by atoms with Crippen LogP contribution in [0.4, 0.5) is 0 Å². The summed E-state index contributed by atoms with van der Waals surface area (Å²) in [5.74, 6) is 1.68. The summed E-state index contributed by atoms with van der Waals surface area (Å²) in [5, 5.41) is 6.54. The number of fused-ring (bicyclic) bond motifs is 1. The Kier molecular flexibility index (Phi) is 6.47. The molecule has 136 valence electrons. The first kappa shape index (κ1) is 17.8. The molecule has 6 nitrogen and oxygen atoms in total. The fourth-order valence-electron chi connectivity index (χ4n) is 2.59. The molecule has 0 aliphatic rings. The molecular weight excluding hydrogens is 326 g/mol. The van der Waals surface area contributed by atoms with Crippen LogP contribution in [0.3, 0.4) is 0 Å². The molecule has 3 rings (SSSR count). The van der Waals surface area contributed by atoms with E-state index in [-0.39, 0.29) is 0 Å². The molecule has 2 aromatic heterocycles. The standard InChI is InChI=1S/C20H25N5O/c1-2-21-20(23-13-15-26-18-8-4-3-5-9-18)22-12-11-17-16-25-14-7-6-10-19(25)24-17/h3-10,14,16H,2,11-13,15H2,1H3,(H2,21,22,23). The van der Waals surface area contributed by atoms with Crippen molar-refractivity contribution >= 4 is 11.6 Å². The summed E-state index contributed by atoms with van der Waals surface area (Å²) < 4.78 is 7.72. The molecule has 0 radical (unpaired) electrons. The van der Waals surface area contributed by atoms with Crippen molar-refractivity contribution in [3.05, 3.63) is 66.6 Å². The Morgan fingerprint density at radius 3 is 2.77 bits per heavy atom. The molecule has 0 fully saturated rings. The van der Waals surface area contributed by atoms with Crippen LogP contribution in [0.15, 0.2) is 65.9 Å². The van der Waals surface area contributed by atoms with Crippen LogP contribution in [-0.2, 0) is 6.42 Å². The molecule has 0 saturated heterocycles. The van der Waals surface area contributed by atoms with Gasteiger partial charge in [-0.25, -0.2) is 4.98 Å². The molecule has 0 aliphatic carbocycles. The number of hydrogen-bond donors (Lipinski definition) is 2. The summed E-state index contributed by atoms with van der Waals surface area (Å²) >= 11 is 0. The van der Waals surface area contributed by atoms with Gasteiger partial charge in [0.15, 0.2) is 5.96 Å². The third kappa shape index (κ3) is 5.24. The molecule has 0 spiro atoms. The Hall–Kier alpha value is -3.02. The van der Waals surface area contributed by atoms with Gasteiger partial charge in [0.1, 0.15) is 18.0 Å². The zero-order valence-electron chi connectivity index (χ0n) is 15.1. The van der Waals surface area contributed by atoms with E-state index in [0.29, 0.717) is 19.7 Å². The first-order valence-electron chi connectivity index (χ1n) is 8.98. The largest absolute Gasteiger partial charge is 0.492 e. The Morgan fingerprint density at radius 2 is 1.96 bits per heavy atom. The maximum Gasteiger partial charge on any atom is 0.191 e. The lowest BCUT2D eigenvalue weighted by molar-refractivity contribution is 0.322. The maximum atomic E-state index is 5.68. The van der Waals surface area contributed by atoms with E-state index < -0.39 is 0 Å². The summed E-state index contributed by atoms with van der Waals surface area (Å²) in [6, 6.07) is 15.8. The Balaban J connectivity index is 1.45. The Morgan fingerprint density at radius 1 is 1.12 bits per heavy atom. The van der Waals surface area contributed by atoms with E-state index in [1.165, 1.54) is 0 Å². The molecule has 6 heteroatoms. The number of ether oxygens (including phenoxy) is 1. The number of pyridine rings is 1. The Bertz CT molecular complexity index is 795. The molecule has 2 N–H and O–H groups in total. The highest BCUT2D eigenvalue weighted by Gasteiger charge is 2.01. The van der Waals surface area contributed by atoms with E-state index in [4.69, 9.17) is 4.74 Å². The average molecular weight is 351 g/mol. The summed E-state index contributed by atoms with van der Waals surface area (Å²) in [6.07, 6.45) is 4.87. The van der Waals surface area contributed by atoms with Crippen molar-refractivity contribution < 1.29 is 4.74 Å². The van der Waals surface area contributed by atoms with Crippen LogP contribution in [0.1, 0.15) is 12.6 Å². The van der Waals surface area contributed by atoms with Gasteiger partial charge in [-0.2, -0.15) is 0 Å². The third-order valence-corrected chi connectivity index (χ3v) is 3.80. The summed E-state index contributed by atoms with van der Waals surface area (Å²) in [4.78, 5) is 9.21. The van der Waals surface area contributed by atoms with Crippen LogP contribution in [0, 0.1) is 0 Å².